The molecule has 0 bridgehead atoms. The summed E-state index contributed by atoms with van der Waals surface area (Å²) in [7, 11) is 0. The molecule has 1 aliphatic rings. The number of likely N-dealkylation sites (tertiary alicyclic amines) is 1. The van der Waals surface area contributed by atoms with Crippen LogP contribution in [0.3, 0.4) is 0 Å². The van der Waals surface area contributed by atoms with Gasteiger partial charge < -0.3 is 0 Å². The van der Waals surface area contributed by atoms with Gasteiger partial charge in [0.15, 0.2) is 5.78 Å². The number of rotatable bonds is 3. The lowest BCUT2D eigenvalue weighted by Crippen LogP contribution is -2.43. The molecular formula is C15H20INO. The minimum absolute atomic E-state index is 0.243. The topological polar surface area (TPSA) is 20.3 Å². The van der Waals surface area contributed by atoms with Gasteiger partial charge in [0, 0.05) is 15.2 Å². The average Bonchev–Trinajstić information content (AvgIpc) is 2.33. The van der Waals surface area contributed by atoms with Crippen LogP contribution in [0.15, 0.2) is 24.3 Å². The van der Waals surface area contributed by atoms with Crippen molar-refractivity contribution in [3.05, 3.63) is 33.4 Å². The molecule has 0 N–H and O–H groups in total. The number of carbonyl (C=O) groups is 1. The van der Waals surface area contributed by atoms with E-state index in [0.29, 0.717) is 12.6 Å². The van der Waals surface area contributed by atoms with E-state index < -0.39 is 0 Å². The third kappa shape index (κ3) is 3.54. The molecule has 2 atom stereocenters. The van der Waals surface area contributed by atoms with Gasteiger partial charge in [0.25, 0.3) is 0 Å². The Hall–Kier alpha value is -0.420. The number of halogens is 1. The Morgan fingerprint density at radius 2 is 2.00 bits per heavy atom. The third-order valence-electron chi connectivity index (χ3n) is 3.79. The molecule has 0 amide bonds. The van der Waals surface area contributed by atoms with Crippen molar-refractivity contribution in [2.24, 2.45) is 5.92 Å². The molecular weight excluding hydrogens is 337 g/mol. The Balaban J connectivity index is 1.97. The zero-order chi connectivity index (χ0) is 13.1. The van der Waals surface area contributed by atoms with E-state index in [-0.39, 0.29) is 5.78 Å². The number of carbonyl (C=O) groups excluding carboxylic acids is 1. The Morgan fingerprint density at radius 3 is 2.61 bits per heavy atom. The summed E-state index contributed by atoms with van der Waals surface area (Å²) in [6.45, 7) is 6.15. The fourth-order valence-electron chi connectivity index (χ4n) is 2.60. The summed E-state index contributed by atoms with van der Waals surface area (Å²) >= 11 is 2.26. The first-order valence-electron chi connectivity index (χ1n) is 6.59. The molecule has 18 heavy (non-hydrogen) atoms. The van der Waals surface area contributed by atoms with Crippen LogP contribution in [-0.2, 0) is 0 Å². The largest absolute Gasteiger partial charge is 0.293 e. The molecule has 1 fully saturated rings. The van der Waals surface area contributed by atoms with Gasteiger partial charge in [-0.25, -0.2) is 0 Å². The van der Waals surface area contributed by atoms with E-state index in [1.165, 1.54) is 16.4 Å². The lowest BCUT2D eigenvalue weighted by atomic mass is 9.93. The molecule has 3 heteroatoms. The van der Waals surface area contributed by atoms with Gasteiger partial charge in [-0.15, -0.1) is 0 Å². The van der Waals surface area contributed by atoms with Crippen LogP contribution in [0, 0.1) is 9.49 Å². The second-order valence-corrected chi connectivity index (χ2v) is 6.62. The number of hydrogen-bond donors (Lipinski definition) is 0. The number of piperidine rings is 1. The van der Waals surface area contributed by atoms with E-state index in [1.54, 1.807) is 0 Å². The van der Waals surface area contributed by atoms with Crippen molar-refractivity contribution in [3.8, 4) is 0 Å². The standard InChI is InChI=1S/C15H20INO/c1-11-7-8-17(12(2)9-11)10-15(18)13-3-5-14(16)6-4-13/h3-6,11-12H,7-10H2,1-2H3. The van der Waals surface area contributed by atoms with Crippen molar-refractivity contribution in [2.45, 2.75) is 32.7 Å². The minimum Gasteiger partial charge on any atom is -0.293 e. The molecule has 2 rings (SSSR count). The Labute approximate surface area is 123 Å². The quantitative estimate of drug-likeness (QED) is 0.609. The van der Waals surface area contributed by atoms with Crippen molar-refractivity contribution in [2.75, 3.05) is 13.1 Å². The van der Waals surface area contributed by atoms with Crippen molar-refractivity contribution in [3.63, 3.8) is 0 Å². The number of benzene rings is 1. The predicted octanol–water partition coefficient (Wildman–Crippen LogP) is 3.59. The number of ketones is 1. The van der Waals surface area contributed by atoms with E-state index in [0.717, 1.165) is 18.0 Å². The van der Waals surface area contributed by atoms with E-state index in [4.69, 9.17) is 0 Å². The van der Waals surface area contributed by atoms with E-state index in [2.05, 4.69) is 41.3 Å². The monoisotopic (exact) mass is 357 g/mol. The maximum Gasteiger partial charge on any atom is 0.176 e. The van der Waals surface area contributed by atoms with Gasteiger partial charge in [-0.2, -0.15) is 0 Å². The molecule has 1 aromatic rings. The summed E-state index contributed by atoms with van der Waals surface area (Å²) in [6, 6.07) is 8.38. The molecule has 1 aliphatic heterocycles. The van der Waals surface area contributed by atoms with Gasteiger partial charge in [-0.3, -0.25) is 9.69 Å². The molecule has 2 unspecified atom stereocenters. The highest BCUT2D eigenvalue weighted by Gasteiger charge is 2.24. The smallest absolute Gasteiger partial charge is 0.176 e. The van der Waals surface area contributed by atoms with Crippen molar-refractivity contribution in [1.29, 1.82) is 0 Å². The van der Waals surface area contributed by atoms with Gasteiger partial charge in [-0.05, 0) is 67.0 Å². The Bertz CT molecular complexity index is 415. The maximum atomic E-state index is 12.2. The highest BCUT2D eigenvalue weighted by atomic mass is 127. The normalized spacial score (nSPS) is 25.1. The maximum absolute atomic E-state index is 12.2. The molecule has 0 saturated carbocycles. The van der Waals surface area contributed by atoms with E-state index in [9.17, 15) is 4.79 Å². The zero-order valence-electron chi connectivity index (χ0n) is 11.0. The van der Waals surface area contributed by atoms with Crippen LogP contribution >= 0.6 is 22.6 Å². The molecule has 0 spiro atoms. The number of Topliss-reactive ketones (excluding diaryl/α,β-unsaturated/α-hetero) is 1. The highest BCUT2D eigenvalue weighted by molar-refractivity contribution is 14.1. The van der Waals surface area contributed by atoms with Crippen LogP contribution in [0.5, 0.6) is 0 Å². The number of hydrogen-bond acceptors (Lipinski definition) is 2. The van der Waals surface area contributed by atoms with Crippen molar-refractivity contribution >= 4 is 28.4 Å². The molecule has 1 saturated heterocycles. The summed E-state index contributed by atoms with van der Waals surface area (Å²) < 4.78 is 1.17. The van der Waals surface area contributed by atoms with E-state index in [1.807, 2.05) is 24.3 Å². The zero-order valence-corrected chi connectivity index (χ0v) is 13.2. The summed E-state index contributed by atoms with van der Waals surface area (Å²) in [5, 5.41) is 0. The van der Waals surface area contributed by atoms with Gasteiger partial charge in [0.05, 0.1) is 6.54 Å². The van der Waals surface area contributed by atoms with Gasteiger partial charge in [-0.1, -0.05) is 19.1 Å². The lowest BCUT2D eigenvalue weighted by molar-refractivity contribution is 0.0816. The van der Waals surface area contributed by atoms with Gasteiger partial charge in [0.2, 0.25) is 0 Å². The summed E-state index contributed by atoms with van der Waals surface area (Å²) in [5.41, 5.74) is 0.834. The SMILES string of the molecule is CC1CCN(CC(=O)c2ccc(I)cc2)C(C)C1. The summed E-state index contributed by atoms with van der Waals surface area (Å²) in [5.74, 6) is 1.04. The molecule has 2 nitrogen and oxygen atoms in total. The first-order chi connectivity index (χ1) is 8.56. The van der Waals surface area contributed by atoms with Crippen molar-refractivity contribution in [1.82, 2.24) is 4.90 Å². The fourth-order valence-corrected chi connectivity index (χ4v) is 2.96. The highest BCUT2D eigenvalue weighted by Crippen LogP contribution is 2.22. The van der Waals surface area contributed by atoms with Crippen LogP contribution in [0.1, 0.15) is 37.0 Å². The minimum atomic E-state index is 0.243. The molecule has 1 heterocycles. The van der Waals surface area contributed by atoms with Crippen LogP contribution < -0.4 is 0 Å². The van der Waals surface area contributed by atoms with Crippen LogP contribution in [0.2, 0.25) is 0 Å². The van der Waals surface area contributed by atoms with Crippen molar-refractivity contribution < 1.29 is 4.79 Å². The predicted molar refractivity (Wildman–Crippen MR) is 82.9 cm³/mol. The van der Waals surface area contributed by atoms with Crippen LogP contribution in [0.25, 0.3) is 0 Å². The first kappa shape index (κ1) is 14.0. The Morgan fingerprint density at radius 1 is 1.33 bits per heavy atom. The number of nitrogens with zero attached hydrogens (tertiary/aromatic N) is 1. The molecule has 1 aromatic carbocycles. The average molecular weight is 357 g/mol. The second-order valence-electron chi connectivity index (χ2n) is 5.38. The summed E-state index contributed by atoms with van der Waals surface area (Å²) in [4.78, 5) is 14.5. The van der Waals surface area contributed by atoms with Crippen LogP contribution in [0.4, 0.5) is 0 Å². The third-order valence-corrected chi connectivity index (χ3v) is 4.51. The van der Waals surface area contributed by atoms with Crippen LogP contribution in [-0.4, -0.2) is 29.8 Å². The van der Waals surface area contributed by atoms with E-state index >= 15 is 0 Å². The Kier molecular flexibility index (Phi) is 4.78. The fraction of sp³-hybridized carbons (Fsp3) is 0.533. The molecule has 0 aromatic heterocycles. The first-order valence-corrected chi connectivity index (χ1v) is 7.67. The molecule has 0 aliphatic carbocycles. The molecule has 0 radical (unpaired) electrons. The second kappa shape index (κ2) is 6.15. The lowest BCUT2D eigenvalue weighted by Gasteiger charge is -2.35. The summed E-state index contributed by atoms with van der Waals surface area (Å²) in [6.07, 6.45) is 2.42. The van der Waals surface area contributed by atoms with Gasteiger partial charge >= 0.3 is 0 Å². The molecule has 98 valence electrons. The van der Waals surface area contributed by atoms with Gasteiger partial charge in [0.1, 0.15) is 0 Å².